The molecule has 5 nitrogen and oxygen atoms in total. The fourth-order valence-corrected chi connectivity index (χ4v) is 3.21. The molecule has 0 saturated carbocycles. The summed E-state index contributed by atoms with van der Waals surface area (Å²) in [5.41, 5.74) is 1.94. The summed E-state index contributed by atoms with van der Waals surface area (Å²) < 4.78 is 0.844. The summed E-state index contributed by atoms with van der Waals surface area (Å²) in [6.07, 6.45) is 4.79. The van der Waals surface area contributed by atoms with Crippen molar-refractivity contribution in [2.45, 2.75) is 32.6 Å². The number of rotatable bonds is 3. The summed E-state index contributed by atoms with van der Waals surface area (Å²) in [7, 11) is 0. The Morgan fingerprint density at radius 3 is 2.54 bits per heavy atom. The van der Waals surface area contributed by atoms with Crippen LogP contribution in [-0.2, 0) is 0 Å². The fraction of sp³-hybridized carbons (Fsp3) is 0.389. The van der Waals surface area contributed by atoms with Crippen molar-refractivity contribution in [2.75, 3.05) is 23.3 Å². The maximum Gasteiger partial charge on any atom is 0.274 e. The zero-order valence-corrected chi connectivity index (χ0v) is 15.3. The maximum atomic E-state index is 12.6. The average molecular weight is 389 g/mol. The van der Waals surface area contributed by atoms with Crippen LogP contribution in [-0.4, -0.2) is 29.0 Å². The van der Waals surface area contributed by atoms with E-state index in [1.54, 1.807) is 6.07 Å². The predicted molar refractivity (Wildman–Crippen MR) is 99.5 cm³/mol. The monoisotopic (exact) mass is 388 g/mol. The Kier molecular flexibility index (Phi) is 5.45. The Balaban J connectivity index is 1.82. The average Bonchev–Trinajstić information content (AvgIpc) is 2.85. The third kappa shape index (κ3) is 4.12. The molecule has 1 aromatic heterocycles. The summed E-state index contributed by atoms with van der Waals surface area (Å²) in [6.45, 7) is 3.81. The second kappa shape index (κ2) is 7.75. The molecular weight excluding hydrogens is 368 g/mol. The molecule has 2 aromatic rings. The van der Waals surface area contributed by atoms with Crippen LogP contribution >= 0.6 is 15.9 Å². The van der Waals surface area contributed by atoms with E-state index in [0.717, 1.165) is 41.8 Å². The van der Waals surface area contributed by atoms with Gasteiger partial charge in [0.05, 0.1) is 5.69 Å². The molecule has 1 fully saturated rings. The quantitative estimate of drug-likeness (QED) is 0.856. The number of aryl methyl sites for hydroxylation is 1. The second-order valence-electron chi connectivity index (χ2n) is 6.03. The van der Waals surface area contributed by atoms with Crippen LogP contribution in [0.25, 0.3) is 0 Å². The van der Waals surface area contributed by atoms with Crippen molar-refractivity contribution in [1.82, 2.24) is 9.97 Å². The van der Waals surface area contributed by atoms with Gasteiger partial charge in [-0.3, -0.25) is 4.79 Å². The Morgan fingerprint density at radius 2 is 1.83 bits per heavy atom. The lowest BCUT2D eigenvalue weighted by Gasteiger charge is -2.21. The van der Waals surface area contributed by atoms with Crippen LogP contribution in [0.3, 0.4) is 0 Å². The molecule has 0 unspecified atom stereocenters. The Labute approximate surface area is 150 Å². The van der Waals surface area contributed by atoms with Gasteiger partial charge in [0.15, 0.2) is 0 Å². The molecule has 0 atom stereocenters. The third-order valence-electron chi connectivity index (χ3n) is 4.09. The summed E-state index contributed by atoms with van der Waals surface area (Å²) in [4.78, 5) is 23.8. The lowest BCUT2D eigenvalue weighted by Crippen LogP contribution is -2.27. The Morgan fingerprint density at radius 1 is 1.12 bits per heavy atom. The zero-order chi connectivity index (χ0) is 16.9. The van der Waals surface area contributed by atoms with Gasteiger partial charge in [0.1, 0.15) is 5.69 Å². The van der Waals surface area contributed by atoms with Gasteiger partial charge in [-0.15, -0.1) is 0 Å². The van der Waals surface area contributed by atoms with Gasteiger partial charge in [-0.2, -0.15) is 0 Å². The first-order valence-electron chi connectivity index (χ1n) is 8.30. The van der Waals surface area contributed by atoms with Crippen molar-refractivity contribution < 1.29 is 4.79 Å². The summed E-state index contributed by atoms with van der Waals surface area (Å²) in [6, 6.07) is 9.27. The highest BCUT2D eigenvalue weighted by atomic mass is 79.9. The van der Waals surface area contributed by atoms with Crippen LogP contribution in [0.1, 0.15) is 41.9 Å². The molecule has 1 aliphatic heterocycles. The van der Waals surface area contributed by atoms with E-state index in [-0.39, 0.29) is 5.91 Å². The van der Waals surface area contributed by atoms with Crippen molar-refractivity contribution in [2.24, 2.45) is 0 Å². The Bertz CT molecular complexity index is 727. The molecule has 126 valence electrons. The van der Waals surface area contributed by atoms with Gasteiger partial charge in [-0.05, 0) is 53.9 Å². The molecule has 1 saturated heterocycles. The standard InChI is InChI=1S/C18H21BrN4O/c1-13-12-16(17(24)21-15-9-5-4-8-14(15)19)22-18(20-13)23-10-6-2-3-7-11-23/h4-5,8-9,12H,2-3,6-7,10-11H2,1H3,(H,21,24). The molecule has 0 spiro atoms. The van der Waals surface area contributed by atoms with E-state index < -0.39 is 0 Å². The minimum Gasteiger partial charge on any atom is -0.341 e. The van der Waals surface area contributed by atoms with Gasteiger partial charge in [0.2, 0.25) is 5.95 Å². The lowest BCUT2D eigenvalue weighted by atomic mass is 10.2. The lowest BCUT2D eigenvalue weighted by molar-refractivity contribution is 0.102. The number of para-hydroxylation sites is 1. The molecule has 2 heterocycles. The molecule has 24 heavy (non-hydrogen) atoms. The van der Waals surface area contributed by atoms with E-state index in [4.69, 9.17) is 0 Å². The van der Waals surface area contributed by atoms with Crippen LogP contribution < -0.4 is 10.2 Å². The summed E-state index contributed by atoms with van der Waals surface area (Å²) >= 11 is 3.44. The van der Waals surface area contributed by atoms with Crippen molar-refractivity contribution in [3.8, 4) is 0 Å². The maximum absolute atomic E-state index is 12.6. The number of carbonyl (C=O) groups is 1. The van der Waals surface area contributed by atoms with Gasteiger partial charge in [-0.25, -0.2) is 9.97 Å². The van der Waals surface area contributed by atoms with Gasteiger partial charge in [-0.1, -0.05) is 25.0 Å². The minimum absolute atomic E-state index is 0.219. The number of halogens is 1. The molecule has 1 N–H and O–H groups in total. The largest absolute Gasteiger partial charge is 0.341 e. The smallest absolute Gasteiger partial charge is 0.274 e. The van der Waals surface area contributed by atoms with Crippen LogP contribution in [0.2, 0.25) is 0 Å². The van der Waals surface area contributed by atoms with E-state index >= 15 is 0 Å². The molecule has 1 amide bonds. The van der Waals surface area contributed by atoms with Gasteiger partial charge in [0.25, 0.3) is 5.91 Å². The number of aromatic nitrogens is 2. The van der Waals surface area contributed by atoms with E-state index in [2.05, 4.69) is 36.1 Å². The van der Waals surface area contributed by atoms with Crippen molar-refractivity contribution in [3.05, 3.63) is 46.2 Å². The highest BCUT2D eigenvalue weighted by Crippen LogP contribution is 2.22. The van der Waals surface area contributed by atoms with Crippen LogP contribution in [0, 0.1) is 6.92 Å². The molecule has 1 aliphatic rings. The number of nitrogens with zero attached hydrogens (tertiary/aromatic N) is 3. The molecule has 0 aliphatic carbocycles. The Hall–Kier alpha value is -1.95. The molecule has 6 heteroatoms. The number of nitrogens with one attached hydrogen (secondary N) is 1. The fourth-order valence-electron chi connectivity index (χ4n) is 2.83. The first-order valence-corrected chi connectivity index (χ1v) is 9.09. The van der Waals surface area contributed by atoms with E-state index in [1.165, 1.54) is 12.8 Å². The minimum atomic E-state index is -0.219. The van der Waals surface area contributed by atoms with Gasteiger partial charge in [0, 0.05) is 23.3 Å². The molecule has 0 radical (unpaired) electrons. The SMILES string of the molecule is Cc1cc(C(=O)Nc2ccccc2Br)nc(N2CCCCCC2)n1. The van der Waals surface area contributed by atoms with Crippen molar-refractivity contribution in [1.29, 1.82) is 0 Å². The number of benzene rings is 1. The van der Waals surface area contributed by atoms with E-state index in [9.17, 15) is 4.79 Å². The summed E-state index contributed by atoms with van der Waals surface area (Å²) in [5, 5.41) is 2.90. The number of carbonyl (C=O) groups excluding carboxylic acids is 1. The zero-order valence-electron chi connectivity index (χ0n) is 13.8. The second-order valence-corrected chi connectivity index (χ2v) is 6.88. The molecule has 0 bridgehead atoms. The van der Waals surface area contributed by atoms with Gasteiger partial charge < -0.3 is 10.2 Å². The first kappa shape index (κ1) is 16.9. The number of hydrogen-bond acceptors (Lipinski definition) is 4. The molecule has 1 aromatic carbocycles. The topological polar surface area (TPSA) is 58.1 Å². The predicted octanol–water partition coefficient (Wildman–Crippen LogP) is 4.18. The van der Waals surface area contributed by atoms with Crippen LogP contribution in [0.4, 0.5) is 11.6 Å². The van der Waals surface area contributed by atoms with E-state index in [1.807, 2.05) is 31.2 Å². The molecule has 3 rings (SSSR count). The highest BCUT2D eigenvalue weighted by molar-refractivity contribution is 9.10. The third-order valence-corrected chi connectivity index (χ3v) is 4.78. The number of anilines is 2. The number of amides is 1. The van der Waals surface area contributed by atoms with Crippen molar-refractivity contribution >= 4 is 33.5 Å². The van der Waals surface area contributed by atoms with Crippen LogP contribution in [0.5, 0.6) is 0 Å². The normalized spacial score (nSPS) is 15.0. The van der Waals surface area contributed by atoms with Crippen LogP contribution in [0.15, 0.2) is 34.8 Å². The van der Waals surface area contributed by atoms with Gasteiger partial charge >= 0.3 is 0 Å². The van der Waals surface area contributed by atoms with Crippen molar-refractivity contribution in [3.63, 3.8) is 0 Å². The molecular formula is C18H21BrN4O. The summed E-state index contributed by atoms with van der Waals surface area (Å²) in [5.74, 6) is 0.442. The van der Waals surface area contributed by atoms with E-state index in [0.29, 0.717) is 11.6 Å². The first-order chi connectivity index (χ1) is 11.6. The number of hydrogen-bond donors (Lipinski definition) is 1. The highest BCUT2D eigenvalue weighted by Gasteiger charge is 2.17.